The summed E-state index contributed by atoms with van der Waals surface area (Å²) in [4.78, 5) is 6.48. The van der Waals surface area contributed by atoms with Crippen molar-refractivity contribution < 1.29 is 14.2 Å². The molecule has 0 saturated heterocycles. The second-order valence-electron chi connectivity index (χ2n) is 6.87. The number of guanidine groups is 1. The average molecular weight is 435 g/mol. The maximum absolute atomic E-state index is 6.02. The van der Waals surface area contributed by atoms with E-state index in [0.717, 1.165) is 10.6 Å². The van der Waals surface area contributed by atoms with E-state index < -0.39 is 0 Å². The van der Waals surface area contributed by atoms with Crippen LogP contribution in [-0.2, 0) is 6.54 Å². The lowest BCUT2D eigenvalue weighted by Gasteiger charge is -2.26. The number of likely N-dealkylation sites (N-methyl/N-ethyl adjacent to an activating group) is 1. The van der Waals surface area contributed by atoms with Gasteiger partial charge in [0, 0.05) is 25.2 Å². The van der Waals surface area contributed by atoms with Crippen LogP contribution in [0.4, 0.5) is 0 Å². The molecule has 0 aliphatic rings. The first kappa shape index (κ1) is 23.6. The predicted octanol–water partition coefficient (Wildman–Crippen LogP) is 3.33. The topological polar surface area (TPSA) is 67.4 Å². The van der Waals surface area contributed by atoms with E-state index in [1.165, 1.54) is 5.56 Å². The van der Waals surface area contributed by atoms with Gasteiger partial charge in [0.15, 0.2) is 17.5 Å². The van der Waals surface area contributed by atoms with Crippen LogP contribution in [0.1, 0.15) is 17.2 Å². The number of rotatable bonds is 9. The summed E-state index contributed by atoms with van der Waals surface area (Å²) in [6.07, 6.45) is 0. The van der Waals surface area contributed by atoms with Gasteiger partial charge in [-0.05, 0) is 49.5 Å². The van der Waals surface area contributed by atoms with Crippen molar-refractivity contribution in [1.29, 1.82) is 0 Å². The highest BCUT2D eigenvalue weighted by Gasteiger charge is 2.16. The minimum Gasteiger partial charge on any atom is -0.493 e. The van der Waals surface area contributed by atoms with Gasteiger partial charge in [0.2, 0.25) is 5.75 Å². The number of ether oxygens (including phenoxy) is 3. The molecular weight excluding hydrogens is 404 g/mol. The highest BCUT2D eigenvalue weighted by Crippen LogP contribution is 2.38. The van der Waals surface area contributed by atoms with Crippen molar-refractivity contribution in [3.63, 3.8) is 0 Å². The molecule has 0 fully saturated rings. The van der Waals surface area contributed by atoms with E-state index in [9.17, 15) is 0 Å². The molecule has 0 amide bonds. The molecule has 0 radical (unpaired) electrons. The molecule has 2 N–H and O–H groups in total. The van der Waals surface area contributed by atoms with E-state index in [-0.39, 0.29) is 6.04 Å². The van der Waals surface area contributed by atoms with Gasteiger partial charge in [0.25, 0.3) is 0 Å². The molecular formula is C22H31ClN4O3. The Bertz CT molecular complexity index is 816. The monoisotopic (exact) mass is 434 g/mol. The third-order valence-corrected chi connectivity index (χ3v) is 5.00. The molecule has 30 heavy (non-hydrogen) atoms. The molecule has 0 aromatic heterocycles. The van der Waals surface area contributed by atoms with E-state index in [0.29, 0.717) is 36.3 Å². The molecule has 7 nitrogen and oxygen atoms in total. The van der Waals surface area contributed by atoms with Crippen LogP contribution in [0.2, 0.25) is 5.02 Å². The molecule has 0 aliphatic heterocycles. The van der Waals surface area contributed by atoms with Crippen molar-refractivity contribution in [3.05, 3.63) is 52.5 Å². The molecule has 1 atom stereocenters. The third kappa shape index (κ3) is 6.18. The quantitative estimate of drug-likeness (QED) is 0.466. The SMILES string of the molecule is CN=C(NCc1cc(OC)c(OC)c(OC)c1)NCC(c1ccc(Cl)cc1)N(C)C. The summed E-state index contributed by atoms with van der Waals surface area (Å²) in [5.41, 5.74) is 2.16. The minimum atomic E-state index is 0.169. The van der Waals surface area contributed by atoms with Gasteiger partial charge in [-0.2, -0.15) is 0 Å². The summed E-state index contributed by atoms with van der Waals surface area (Å²) >= 11 is 6.02. The number of nitrogens with one attached hydrogen (secondary N) is 2. The largest absolute Gasteiger partial charge is 0.493 e. The lowest BCUT2D eigenvalue weighted by molar-refractivity contribution is 0.298. The second-order valence-corrected chi connectivity index (χ2v) is 7.31. The highest BCUT2D eigenvalue weighted by atomic mass is 35.5. The lowest BCUT2D eigenvalue weighted by atomic mass is 10.1. The Balaban J connectivity index is 2.04. The van der Waals surface area contributed by atoms with E-state index in [1.54, 1.807) is 28.4 Å². The van der Waals surface area contributed by atoms with E-state index >= 15 is 0 Å². The van der Waals surface area contributed by atoms with Crippen LogP contribution in [0.15, 0.2) is 41.4 Å². The number of halogens is 1. The van der Waals surface area contributed by atoms with Crippen molar-refractivity contribution in [2.45, 2.75) is 12.6 Å². The summed E-state index contributed by atoms with van der Waals surface area (Å²) < 4.78 is 16.2. The highest BCUT2D eigenvalue weighted by molar-refractivity contribution is 6.30. The first-order valence-electron chi connectivity index (χ1n) is 9.58. The second kappa shape index (κ2) is 11.5. The molecule has 8 heteroatoms. The molecule has 1 unspecified atom stereocenters. The van der Waals surface area contributed by atoms with Crippen molar-refractivity contribution in [2.75, 3.05) is 49.0 Å². The van der Waals surface area contributed by atoms with E-state index in [1.807, 2.05) is 50.5 Å². The molecule has 0 saturated carbocycles. The van der Waals surface area contributed by atoms with Crippen LogP contribution < -0.4 is 24.8 Å². The fourth-order valence-corrected chi connectivity index (χ4v) is 3.25. The smallest absolute Gasteiger partial charge is 0.203 e. The van der Waals surface area contributed by atoms with Gasteiger partial charge in [-0.1, -0.05) is 23.7 Å². The van der Waals surface area contributed by atoms with Gasteiger partial charge in [0.05, 0.1) is 27.4 Å². The van der Waals surface area contributed by atoms with Crippen LogP contribution in [0, 0.1) is 0 Å². The minimum absolute atomic E-state index is 0.169. The fraction of sp³-hybridized carbons (Fsp3) is 0.409. The zero-order chi connectivity index (χ0) is 22.1. The molecule has 0 heterocycles. The average Bonchev–Trinajstić information content (AvgIpc) is 2.75. The molecule has 2 aromatic rings. The fourth-order valence-electron chi connectivity index (χ4n) is 3.12. The van der Waals surface area contributed by atoms with Crippen LogP contribution in [-0.4, -0.2) is 59.9 Å². The van der Waals surface area contributed by atoms with Gasteiger partial charge < -0.3 is 29.7 Å². The normalized spacial score (nSPS) is 12.5. The number of aliphatic imine (C=N–C) groups is 1. The molecule has 2 rings (SSSR count). The Morgan fingerprint density at radius 1 is 1.00 bits per heavy atom. The Morgan fingerprint density at radius 2 is 1.60 bits per heavy atom. The molecule has 0 aliphatic carbocycles. The van der Waals surface area contributed by atoms with Crippen LogP contribution in [0.3, 0.4) is 0 Å². The zero-order valence-electron chi connectivity index (χ0n) is 18.5. The summed E-state index contributed by atoms with van der Waals surface area (Å²) in [6.45, 7) is 1.23. The Hall–Kier alpha value is -2.64. The van der Waals surface area contributed by atoms with Crippen molar-refractivity contribution in [2.24, 2.45) is 4.99 Å². The summed E-state index contributed by atoms with van der Waals surface area (Å²) in [5.74, 6) is 2.51. The predicted molar refractivity (Wildman–Crippen MR) is 122 cm³/mol. The first-order valence-corrected chi connectivity index (χ1v) is 9.96. The third-order valence-electron chi connectivity index (χ3n) is 4.75. The molecule has 0 spiro atoms. The number of nitrogens with zero attached hydrogens (tertiary/aromatic N) is 2. The molecule has 0 bridgehead atoms. The summed E-state index contributed by atoms with van der Waals surface area (Å²) in [6, 6.07) is 11.9. The maximum Gasteiger partial charge on any atom is 0.203 e. The Labute approximate surface area is 184 Å². The molecule has 164 valence electrons. The number of hydrogen-bond acceptors (Lipinski definition) is 5. The Kier molecular flexibility index (Phi) is 9.08. The lowest BCUT2D eigenvalue weighted by Crippen LogP contribution is -2.41. The maximum atomic E-state index is 6.02. The van der Waals surface area contributed by atoms with E-state index in [4.69, 9.17) is 25.8 Å². The standard InChI is InChI=1S/C22H31ClN4O3/c1-24-22(26-14-18(27(2)3)16-7-9-17(23)10-8-16)25-13-15-11-19(28-4)21(30-6)20(12-15)29-5/h7-12,18H,13-14H2,1-6H3,(H2,24,25,26). The van der Waals surface area contributed by atoms with Gasteiger partial charge in [-0.15, -0.1) is 0 Å². The van der Waals surface area contributed by atoms with Crippen LogP contribution >= 0.6 is 11.6 Å². The van der Waals surface area contributed by atoms with Crippen LogP contribution in [0.5, 0.6) is 17.2 Å². The number of benzene rings is 2. The molecule has 2 aromatic carbocycles. The van der Waals surface area contributed by atoms with Gasteiger partial charge >= 0.3 is 0 Å². The summed E-state index contributed by atoms with van der Waals surface area (Å²) in [7, 11) is 10.6. The zero-order valence-corrected chi connectivity index (χ0v) is 19.2. The van der Waals surface area contributed by atoms with E-state index in [2.05, 4.69) is 20.5 Å². The summed E-state index contributed by atoms with van der Waals surface area (Å²) in [5, 5.41) is 7.45. The van der Waals surface area contributed by atoms with Crippen molar-refractivity contribution >= 4 is 17.6 Å². The van der Waals surface area contributed by atoms with Gasteiger partial charge in [-0.3, -0.25) is 4.99 Å². The Morgan fingerprint density at radius 3 is 2.07 bits per heavy atom. The number of hydrogen-bond donors (Lipinski definition) is 2. The number of methoxy groups -OCH3 is 3. The van der Waals surface area contributed by atoms with Gasteiger partial charge in [0.1, 0.15) is 0 Å². The van der Waals surface area contributed by atoms with Crippen molar-refractivity contribution in [1.82, 2.24) is 15.5 Å². The van der Waals surface area contributed by atoms with Gasteiger partial charge in [-0.25, -0.2) is 0 Å². The van der Waals surface area contributed by atoms with Crippen LogP contribution in [0.25, 0.3) is 0 Å². The first-order chi connectivity index (χ1) is 14.4. The van der Waals surface area contributed by atoms with Crippen molar-refractivity contribution in [3.8, 4) is 17.2 Å².